The molecule has 106 valence electrons. The zero-order valence-electron chi connectivity index (χ0n) is 11.3. The van der Waals surface area contributed by atoms with Crippen molar-refractivity contribution in [2.45, 2.75) is 32.4 Å². The number of carbonyl (C=O) groups is 1. The number of hydrogen-bond donors (Lipinski definition) is 2. The van der Waals surface area contributed by atoms with E-state index in [0.717, 1.165) is 42.3 Å². The molecule has 0 bridgehead atoms. The molecule has 1 aliphatic rings. The minimum atomic E-state index is -1.07. The van der Waals surface area contributed by atoms with Gasteiger partial charge in [0.15, 0.2) is 6.23 Å². The number of aryl methyl sites for hydroxylation is 1. The second-order valence-corrected chi connectivity index (χ2v) is 5.09. The highest BCUT2D eigenvalue weighted by Crippen LogP contribution is 2.30. The molecule has 6 nitrogen and oxygen atoms in total. The van der Waals surface area contributed by atoms with Crippen LogP contribution in [0.25, 0.3) is 10.9 Å². The summed E-state index contributed by atoms with van der Waals surface area (Å²) < 4.78 is 7.61. The van der Waals surface area contributed by atoms with Gasteiger partial charge in [-0.05, 0) is 43.9 Å². The summed E-state index contributed by atoms with van der Waals surface area (Å²) in [5.41, 5.74) is 2.45. The Morgan fingerprint density at radius 3 is 3.05 bits per heavy atom. The summed E-state index contributed by atoms with van der Waals surface area (Å²) in [4.78, 5) is 10.9. The van der Waals surface area contributed by atoms with Gasteiger partial charge in [0.1, 0.15) is 0 Å². The van der Waals surface area contributed by atoms with Gasteiger partial charge in [0.05, 0.1) is 17.4 Å². The molecular formula is C14H17N3O3. The number of anilines is 1. The lowest BCUT2D eigenvalue weighted by molar-refractivity contribution is -0.0366. The molecule has 2 heterocycles. The van der Waals surface area contributed by atoms with E-state index in [1.165, 1.54) is 0 Å². The lowest BCUT2D eigenvalue weighted by Gasteiger charge is -2.23. The van der Waals surface area contributed by atoms with Crippen LogP contribution in [0.15, 0.2) is 18.3 Å². The van der Waals surface area contributed by atoms with Crippen LogP contribution >= 0.6 is 0 Å². The fraction of sp³-hybridized carbons (Fsp3) is 0.429. The van der Waals surface area contributed by atoms with Gasteiger partial charge in [-0.1, -0.05) is 0 Å². The molecular weight excluding hydrogens is 258 g/mol. The first kappa shape index (κ1) is 12.9. The van der Waals surface area contributed by atoms with Crippen LogP contribution in [0, 0.1) is 6.92 Å². The summed E-state index contributed by atoms with van der Waals surface area (Å²) in [5.74, 6) is 0. The van der Waals surface area contributed by atoms with Crippen LogP contribution in [0.5, 0.6) is 0 Å². The summed E-state index contributed by atoms with van der Waals surface area (Å²) in [6, 6.07) is 3.82. The number of amides is 1. The highest BCUT2D eigenvalue weighted by molar-refractivity contribution is 5.98. The van der Waals surface area contributed by atoms with E-state index in [0.29, 0.717) is 5.69 Å². The Morgan fingerprint density at radius 1 is 1.50 bits per heavy atom. The third kappa shape index (κ3) is 2.34. The number of carboxylic acid groups (broad SMARTS) is 1. The number of ether oxygens (including phenoxy) is 1. The molecule has 1 aromatic heterocycles. The molecule has 3 rings (SSSR count). The van der Waals surface area contributed by atoms with Crippen LogP contribution in [0.3, 0.4) is 0 Å². The van der Waals surface area contributed by atoms with Gasteiger partial charge in [-0.25, -0.2) is 9.48 Å². The van der Waals surface area contributed by atoms with Crippen LogP contribution in [-0.2, 0) is 4.74 Å². The number of aromatic nitrogens is 2. The average Bonchev–Trinajstić information content (AvgIpc) is 2.82. The molecule has 0 aliphatic carbocycles. The van der Waals surface area contributed by atoms with Gasteiger partial charge in [0.2, 0.25) is 0 Å². The third-order valence-corrected chi connectivity index (χ3v) is 3.53. The van der Waals surface area contributed by atoms with Crippen LogP contribution in [0.1, 0.15) is 31.1 Å². The first-order valence-electron chi connectivity index (χ1n) is 6.74. The molecule has 1 fully saturated rings. The molecule has 1 atom stereocenters. The number of benzene rings is 1. The van der Waals surface area contributed by atoms with Gasteiger partial charge in [-0.2, -0.15) is 5.10 Å². The number of hydrogen-bond acceptors (Lipinski definition) is 3. The molecule has 6 heteroatoms. The van der Waals surface area contributed by atoms with E-state index >= 15 is 0 Å². The van der Waals surface area contributed by atoms with Crippen LogP contribution in [0.2, 0.25) is 0 Å². The van der Waals surface area contributed by atoms with Crippen LogP contribution in [0.4, 0.5) is 10.5 Å². The van der Waals surface area contributed by atoms with Crippen molar-refractivity contribution in [2.75, 3.05) is 11.9 Å². The number of nitrogens with one attached hydrogen (secondary N) is 1. The molecule has 0 saturated carbocycles. The first-order chi connectivity index (χ1) is 9.65. The van der Waals surface area contributed by atoms with Crippen molar-refractivity contribution in [1.82, 2.24) is 9.78 Å². The molecule has 0 spiro atoms. The topological polar surface area (TPSA) is 76.4 Å². The first-order valence-corrected chi connectivity index (χ1v) is 6.74. The van der Waals surface area contributed by atoms with E-state index in [1.54, 1.807) is 6.20 Å². The van der Waals surface area contributed by atoms with Crippen molar-refractivity contribution >= 4 is 22.7 Å². The Kier molecular flexibility index (Phi) is 3.31. The van der Waals surface area contributed by atoms with E-state index in [9.17, 15) is 4.79 Å². The molecule has 1 saturated heterocycles. The predicted molar refractivity (Wildman–Crippen MR) is 75.0 cm³/mol. The molecule has 1 aromatic carbocycles. The summed E-state index contributed by atoms with van der Waals surface area (Å²) in [5, 5.41) is 16.5. The smallest absolute Gasteiger partial charge is 0.409 e. The van der Waals surface area contributed by atoms with Gasteiger partial charge in [-0.15, -0.1) is 0 Å². The maximum atomic E-state index is 10.9. The maximum absolute atomic E-state index is 10.9. The maximum Gasteiger partial charge on any atom is 0.409 e. The largest absolute Gasteiger partial charge is 0.465 e. The molecule has 20 heavy (non-hydrogen) atoms. The fourth-order valence-corrected chi connectivity index (χ4v) is 2.65. The van der Waals surface area contributed by atoms with Crippen molar-refractivity contribution in [3.05, 3.63) is 23.9 Å². The molecule has 1 aliphatic heterocycles. The van der Waals surface area contributed by atoms with Crippen molar-refractivity contribution in [3.8, 4) is 0 Å². The zero-order chi connectivity index (χ0) is 14.1. The average molecular weight is 275 g/mol. The van der Waals surface area contributed by atoms with Crippen LogP contribution in [-0.4, -0.2) is 27.6 Å². The molecule has 0 radical (unpaired) electrons. The summed E-state index contributed by atoms with van der Waals surface area (Å²) in [6.45, 7) is 2.68. The molecule has 1 unspecified atom stereocenters. The van der Waals surface area contributed by atoms with Crippen molar-refractivity contribution in [2.24, 2.45) is 0 Å². The van der Waals surface area contributed by atoms with E-state index in [1.807, 2.05) is 23.7 Å². The molecule has 1 amide bonds. The number of fused-ring (bicyclic) bond motifs is 1. The Labute approximate surface area is 116 Å². The van der Waals surface area contributed by atoms with Crippen molar-refractivity contribution in [3.63, 3.8) is 0 Å². The number of nitrogens with zero attached hydrogens (tertiary/aromatic N) is 2. The zero-order valence-corrected chi connectivity index (χ0v) is 11.3. The third-order valence-electron chi connectivity index (χ3n) is 3.53. The van der Waals surface area contributed by atoms with Gasteiger partial charge in [0, 0.05) is 12.0 Å². The summed E-state index contributed by atoms with van der Waals surface area (Å²) in [7, 11) is 0. The van der Waals surface area contributed by atoms with Gasteiger partial charge in [-0.3, -0.25) is 5.32 Å². The van der Waals surface area contributed by atoms with Crippen molar-refractivity contribution in [1.29, 1.82) is 0 Å². The Bertz CT molecular complexity index is 644. The highest BCUT2D eigenvalue weighted by atomic mass is 16.5. The van der Waals surface area contributed by atoms with Gasteiger partial charge >= 0.3 is 6.09 Å². The second-order valence-electron chi connectivity index (χ2n) is 5.09. The number of rotatable bonds is 2. The summed E-state index contributed by atoms with van der Waals surface area (Å²) in [6.07, 6.45) is 3.71. The minimum absolute atomic E-state index is 0.0549. The van der Waals surface area contributed by atoms with Gasteiger partial charge < -0.3 is 9.84 Å². The lowest BCUT2D eigenvalue weighted by Crippen LogP contribution is -2.19. The standard InChI is InChI=1S/C14H17N3O3/c1-9-6-11(16-14(18)19)10-8-15-17(12(10)7-9)13-4-2-3-5-20-13/h6-8,13,16H,2-5H2,1H3,(H,18,19). The van der Waals surface area contributed by atoms with Gasteiger partial charge in [0.25, 0.3) is 0 Å². The quantitative estimate of drug-likeness (QED) is 0.882. The van der Waals surface area contributed by atoms with E-state index in [-0.39, 0.29) is 6.23 Å². The SMILES string of the molecule is Cc1cc(NC(=O)O)c2cnn(C3CCCCO3)c2c1. The molecule has 2 N–H and O–H groups in total. The van der Waals surface area contributed by atoms with E-state index < -0.39 is 6.09 Å². The monoisotopic (exact) mass is 275 g/mol. The normalized spacial score (nSPS) is 19.1. The van der Waals surface area contributed by atoms with Crippen LogP contribution < -0.4 is 5.32 Å². The fourth-order valence-electron chi connectivity index (χ4n) is 2.65. The predicted octanol–water partition coefficient (Wildman–Crippen LogP) is 3.13. The highest BCUT2D eigenvalue weighted by Gasteiger charge is 2.19. The summed E-state index contributed by atoms with van der Waals surface area (Å²) >= 11 is 0. The Hall–Kier alpha value is -2.08. The lowest BCUT2D eigenvalue weighted by atomic mass is 10.1. The van der Waals surface area contributed by atoms with Crippen molar-refractivity contribution < 1.29 is 14.6 Å². The van der Waals surface area contributed by atoms with E-state index in [2.05, 4.69) is 10.4 Å². The van der Waals surface area contributed by atoms with E-state index in [4.69, 9.17) is 9.84 Å². The minimum Gasteiger partial charge on any atom is -0.465 e. The Morgan fingerprint density at radius 2 is 2.35 bits per heavy atom. The molecule has 2 aromatic rings. The Balaban J connectivity index is 2.06. The second kappa shape index (κ2) is 5.13.